The fourth-order valence-corrected chi connectivity index (χ4v) is 3.36. The van der Waals surface area contributed by atoms with Crippen LogP contribution in [0.4, 0.5) is 0 Å². The summed E-state index contributed by atoms with van der Waals surface area (Å²) in [6.07, 6.45) is 9.82. The van der Waals surface area contributed by atoms with Gasteiger partial charge in [0.25, 0.3) is 5.91 Å². The second kappa shape index (κ2) is 6.84. The van der Waals surface area contributed by atoms with Crippen LogP contribution < -0.4 is 0 Å². The largest absolute Gasteiger partial charge is 0.338 e. The van der Waals surface area contributed by atoms with Crippen LogP contribution in [0, 0.1) is 0 Å². The van der Waals surface area contributed by atoms with Crippen LogP contribution in [0.1, 0.15) is 22.3 Å². The Labute approximate surface area is 161 Å². The summed E-state index contributed by atoms with van der Waals surface area (Å²) in [6.45, 7) is 2.14. The van der Waals surface area contributed by atoms with Crippen LogP contribution in [0.2, 0.25) is 0 Å². The van der Waals surface area contributed by atoms with Gasteiger partial charge in [0.1, 0.15) is 0 Å². The summed E-state index contributed by atoms with van der Waals surface area (Å²) in [7, 11) is 0. The fraction of sp³-hybridized carbons (Fsp3) is 0.190. The first-order valence-electron chi connectivity index (χ1n) is 9.25. The highest BCUT2D eigenvalue weighted by atomic mass is 16.2. The molecule has 5 rings (SSSR count). The van der Waals surface area contributed by atoms with E-state index in [1.165, 1.54) is 0 Å². The number of nitrogens with zero attached hydrogens (tertiary/aromatic N) is 6. The molecule has 1 fully saturated rings. The van der Waals surface area contributed by atoms with Gasteiger partial charge >= 0.3 is 0 Å². The fourth-order valence-electron chi connectivity index (χ4n) is 3.36. The number of carbonyl (C=O) groups is 1. The molecule has 7 nitrogen and oxygen atoms in total. The van der Waals surface area contributed by atoms with Crippen molar-refractivity contribution in [2.24, 2.45) is 0 Å². The van der Waals surface area contributed by atoms with E-state index in [9.17, 15) is 4.79 Å². The maximum atomic E-state index is 13.0. The molecule has 1 amide bonds. The van der Waals surface area contributed by atoms with Crippen LogP contribution >= 0.6 is 0 Å². The molecule has 0 atom stereocenters. The summed E-state index contributed by atoms with van der Waals surface area (Å²) >= 11 is 0. The summed E-state index contributed by atoms with van der Waals surface area (Å²) in [5.74, 6) is 0.0321. The van der Waals surface area contributed by atoms with Crippen molar-refractivity contribution in [1.29, 1.82) is 0 Å². The molecule has 0 radical (unpaired) electrons. The van der Waals surface area contributed by atoms with E-state index in [1.807, 2.05) is 46.1 Å². The zero-order valence-corrected chi connectivity index (χ0v) is 15.2. The van der Waals surface area contributed by atoms with Crippen LogP contribution in [0.5, 0.6) is 0 Å². The van der Waals surface area contributed by atoms with Crippen LogP contribution in [0.15, 0.2) is 61.3 Å². The van der Waals surface area contributed by atoms with Crippen molar-refractivity contribution in [3.63, 3.8) is 0 Å². The van der Waals surface area contributed by atoms with E-state index in [0.29, 0.717) is 17.8 Å². The van der Waals surface area contributed by atoms with Crippen molar-refractivity contribution in [2.75, 3.05) is 13.1 Å². The van der Waals surface area contributed by atoms with Crippen LogP contribution in [0.3, 0.4) is 0 Å². The lowest BCUT2D eigenvalue weighted by molar-refractivity contribution is 0.0654. The average Bonchev–Trinajstić information content (AvgIpc) is 3.10. The Balaban J connectivity index is 1.66. The number of hydrogen-bond donors (Lipinski definition) is 0. The molecule has 4 aromatic rings. The summed E-state index contributed by atoms with van der Waals surface area (Å²) in [6, 6.07) is 9.56. The van der Waals surface area contributed by atoms with Gasteiger partial charge in [0.15, 0.2) is 5.65 Å². The number of pyridine rings is 3. The molecule has 7 heteroatoms. The first-order chi connectivity index (χ1) is 13.8. The smallest absolute Gasteiger partial charge is 0.254 e. The lowest BCUT2D eigenvalue weighted by Crippen LogP contribution is -2.42. The zero-order chi connectivity index (χ0) is 18.9. The van der Waals surface area contributed by atoms with Crippen LogP contribution in [-0.4, -0.2) is 48.6 Å². The molecular weight excluding hydrogens is 352 g/mol. The summed E-state index contributed by atoms with van der Waals surface area (Å²) < 4.78 is 1.82. The summed E-state index contributed by atoms with van der Waals surface area (Å²) in [5, 5.41) is 5.28. The van der Waals surface area contributed by atoms with Crippen molar-refractivity contribution in [3.05, 3.63) is 72.4 Å². The lowest BCUT2D eigenvalue weighted by atomic mass is 10.1. The minimum Gasteiger partial charge on any atom is -0.338 e. The molecule has 0 bridgehead atoms. The Bertz CT molecular complexity index is 1140. The molecule has 1 saturated heterocycles. The predicted molar refractivity (Wildman–Crippen MR) is 105 cm³/mol. The molecule has 138 valence electrons. The monoisotopic (exact) mass is 370 g/mol. The van der Waals surface area contributed by atoms with Gasteiger partial charge in [-0.1, -0.05) is 6.07 Å². The van der Waals surface area contributed by atoms with E-state index in [-0.39, 0.29) is 5.91 Å². The van der Waals surface area contributed by atoms with Crippen molar-refractivity contribution in [2.45, 2.75) is 13.0 Å². The van der Waals surface area contributed by atoms with E-state index < -0.39 is 0 Å². The molecule has 28 heavy (non-hydrogen) atoms. The van der Waals surface area contributed by atoms with Crippen LogP contribution in [0.25, 0.3) is 22.3 Å². The maximum absolute atomic E-state index is 13.0. The topological polar surface area (TPSA) is 76.8 Å². The van der Waals surface area contributed by atoms with Gasteiger partial charge in [-0.3, -0.25) is 14.8 Å². The van der Waals surface area contributed by atoms with E-state index in [4.69, 9.17) is 4.98 Å². The summed E-state index contributed by atoms with van der Waals surface area (Å²) in [4.78, 5) is 28.1. The second-order valence-corrected chi connectivity index (χ2v) is 6.84. The molecule has 4 aromatic heterocycles. The molecule has 0 spiro atoms. The Morgan fingerprint density at radius 3 is 2.54 bits per heavy atom. The van der Waals surface area contributed by atoms with Gasteiger partial charge in [-0.15, -0.1) is 0 Å². The minimum atomic E-state index is 0.0321. The Morgan fingerprint density at radius 2 is 1.86 bits per heavy atom. The van der Waals surface area contributed by atoms with Gasteiger partial charge in [-0.2, -0.15) is 5.10 Å². The van der Waals surface area contributed by atoms with Gasteiger partial charge < -0.3 is 4.90 Å². The highest BCUT2D eigenvalue weighted by Gasteiger charge is 2.25. The van der Waals surface area contributed by atoms with Crippen molar-refractivity contribution in [1.82, 2.24) is 29.6 Å². The van der Waals surface area contributed by atoms with E-state index in [0.717, 1.165) is 41.7 Å². The molecule has 0 aliphatic carbocycles. The van der Waals surface area contributed by atoms with E-state index >= 15 is 0 Å². The van der Waals surface area contributed by atoms with Gasteiger partial charge in [0, 0.05) is 43.4 Å². The van der Waals surface area contributed by atoms with Crippen molar-refractivity contribution < 1.29 is 4.79 Å². The number of amides is 1. The molecule has 1 aliphatic heterocycles. The van der Waals surface area contributed by atoms with E-state index in [1.54, 1.807) is 24.8 Å². The third-order valence-corrected chi connectivity index (χ3v) is 5.00. The molecule has 5 heterocycles. The van der Waals surface area contributed by atoms with Crippen LogP contribution in [-0.2, 0) is 6.54 Å². The number of rotatable bonds is 4. The number of hydrogen-bond acceptors (Lipinski definition) is 5. The zero-order valence-electron chi connectivity index (χ0n) is 15.2. The van der Waals surface area contributed by atoms with Gasteiger partial charge in [-0.05, 0) is 36.2 Å². The van der Waals surface area contributed by atoms with Crippen molar-refractivity contribution in [3.8, 4) is 11.3 Å². The van der Waals surface area contributed by atoms with Gasteiger partial charge in [0.05, 0.1) is 29.4 Å². The maximum Gasteiger partial charge on any atom is 0.254 e. The number of fused-ring (bicyclic) bond motifs is 1. The highest BCUT2D eigenvalue weighted by molar-refractivity contribution is 6.06. The Kier molecular flexibility index (Phi) is 4.05. The Morgan fingerprint density at radius 1 is 1.04 bits per heavy atom. The quantitative estimate of drug-likeness (QED) is 0.552. The molecule has 0 N–H and O–H groups in total. The second-order valence-electron chi connectivity index (χ2n) is 6.84. The highest BCUT2D eigenvalue weighted by Crippen LogP contribution is 2.27. The first kappa shape index (κ1) is 16.6. The van der Waals surface area contributed by atoms with Gasteiger partial charge in [-0.25, -0.2) is 9.67 Å². The third kappa shape index (κ3) is 2.90. The van der Waals surface area contributed by atoms with Gasteiger partial charge in [0.2, 0.25) is 0 Å². The first-order valence-corrected chi connectivity index (χ1v) is 9.25. The molecule has 1 aliphatic rings. The van der Waals surface area contributed by atoms with Crippen molar-refractivity contribution >= 4 is 16.9 Å². The summed E-state index contributed by atoms with van der Waals surface area (Å²) in [5.41, 5.74) is 3.94. The Hall–Kier alpha value is -3.61. The molecular formula is C21H18N6O. The SMILES string of the molecule is O=C(c1cc(-c2cccnc2)nc2c1cnn2Cc1cccnc1)N1CCC1. The number of carbonyl (C=O) groups excluding carboxylic acids is 1. The number of likely N-dealkylation sites (tertiary alicyclic amines) is 1. The van der Waals surface area contributed by atoms with E-state index in [2.05, 4.69) is 15.1 Å². The minimum absolute atomic E-state index is 0.0321. The molecule has 0 saturated carbocycles. The average molecular weight is 370 g/mol. The molecule has 0 unspecified atom stereocenters. The number of aromatic nitrogens is 5. The predicted octanol–water partition coefficient (Wildman–Crippen LogP) is 2.78. The lowest BCUT2D eigenvalue weighted by Gasteiger charge is -2.31. The third-order valence-electron chi connectivity index (χ3n) is 5.00. The normalized spacial score (nSPS) is 13.5. The molecule has 0 aromatic carbocycles. The standard InChI is InChI=1S/C21H18N6O/c28-21(26-8-3-9-26)17-10-19(16-5-2-7-23-12-16)25-20-18(17)13-24-27(20)14-15-4-1-6-22-11-15/h1-2,4-7,10-13H,3,8-9,14H2.